The maximum atomic E-state index is 12.4. The SMILES string of the molecule is CC(C)(C)N(Nc1ccc(C(=O)NCCOCCOCCOCCOCCOCCOCCOCCOCCC(=O)NCCCC[C@H](NC(=O)CCOCCOCCOCCOCCOCCOCCOCCOCCNC(=O)c2ccc(NN(C(=O)O)C(C)(C)C)nc2)C(=O)O)cn1)C(=O)O. The van der Waals surface area contributed by atoms with Gasteiger partial charge in [0.2, 0.25) is 11.8 Å². The molecule has 2 aromatic rings. The average Bonchev–Trinajstić information content (AvgIpc) is 0.856. The van der Waals surface area contributed by atoms with Crippen LogP contribution in [-0.4, -0.2) is 325 Å². The summed E-state index contributed by atoms with van der Waals surface area (Å²) >= 11 is 0. The van der Waals surface area contributed by atoms with Crippen molar-refractivity contribution in [2.24, 2.45) is 0 Å². The topological polar surface area (TPSA) is 432 Å². The number of rotatable bonds is 67. The van der Waals surface area contributed by atoms with Crippen molar-refractivity contribution in [3.8, 4) is 0 Å². The largest absolute Gasteiger partial charge is 0.480 e. The normalized spacial score (nSPS) is 11.8. The molecule has 102 heavy (non-hydrogen) atoms. The van der Waals surface area contributed by atoms with Crippen molar-refractivity contribution in [1.82, 2.24) is 41.3 Å². The quantitative estimate of drug-likeness (QED) is 0.0339. The Hall–Kier alpha value is -6.85. The second kappa shape index (κ2) is 59.5. The molecular formula is C66H114N10O26. The fourth-order valence-electron chi connectivity index (χ4n) is 8.03. The molecular weight excluding hydrogens is 1350 g/mol. The number of nitrogens with one attached hydrogen (secondary N) is 6. The molecule has 2 rings (SSSR count). The number of aromatic nitrogens is 2. The molecule has 0 aromatic carbocycles. The Morgan fingerprint density at radius 2 is 0.637 bits per heavy atom. The summed E-state index contributed by atoms with van der Waals surface area (Å²) in [5.41, 5.74) is 4.70. The number of ether oxygens (including phenoxy) is 16. The maximum Gasteiger partial charge on any atom is 0.426 e. The van der Waals surface area contributed by atoms with Crippen LogP contribution in [0.15, 0.2) is 36.7 Å². The molecule has 9 N–H and O–H groups in total. The third-order valence-corrected chi connectivity index (χ3v) is 13.3. The molecule has 0 fully saturated rings. The Morgan fingerprint density at radius 1 is 0.363 bits per heavy atom. The minimum atomic E-state index is -1.15. The van der Waals surface area contributed by atoms with Crippen LogP contribution in [0, 0.1) is 0 Å². The van der Waals surface area contributed by atoms with E-state index in [4.69, 9.17) is 75.8 Å². The first kappa shape index (κ1) is 91.2. The van der Waals surface area contributed by atoms with Gasteiger partial charge in [0.15, 0.2) is 0 Å². The monoisotopic (exact) mass is 1460 g/mol. The third kappa shape index (κ3) is 50.5. The van der Waals surface area contributed by atoms with E-state index in [1.165, 1.54) is 24.5 Å². The minimum absolute atomic E-state index is 0.0102. The second-order valence-corrected chi connectivity index (χ2v) is 23.8. The molecule has 2 aromatic heterocycles. The van der Waals surface area contributed by atoms with Crippen molar-refractivity contribution in [3.63, 3.8) is 0 Å². The van der Waals surface area contributed by atoms with E-state index in [-0.39, 0.29) is 75.7 Å². The van der Waals surface area contributed by atoms with Gasteiger partial charge in [0, 0.05) is 44.9 Å². The van der Waals surface area contributed by atoms with Gasteiger partial charge in [0.25, 0.3) is 11.8 Å². The lowest BCUT2D eigenvalue weighted by Gasteiger charge is -2.33. The summed E-state index contributed by atoms with van der Waals surface area (Å²) in [6, 6.07) is 5.09. The highest BCUT2D eigenvalue weighted by molar-refractivity contribution is 5.94. The Kier molecular flexibility index (Phi) is 53.2. The zero-order chi connectivity index (χ0) is 74.6. The van der Waals surface area contributed by atoms with E-state index in [1.54, 1.807) is 53.7 Å². The number of unbranched alkanes of at least 4 members (excludes halogenated alkanes) is 1. The van der Waals surface area contributed by atoms with Crippen LogP contribution in [0.5, 0.6) is 0 Å². The molecule has 0 spiro atoms. The maximum absolute atomic E-state index is 12.4. The summed E-state index contributed by atoms with van der Waals surface area (Å²) in [5, 5.41) is 41.3. The summed E-state index contributed by atoms with van der Waals surface area (Å²) < 4.78 is 87.9. The van der Waals surface area contributed by atoms with Gasteiger partial charge < -0.3 is 112 Å². The number of pyridine rings is 2. The van der Waals surface area contributed by atoms with E-state index in [0.29, 0.717) is 228 Å². The molecule has 0 aliphatic carbocycles. The number of hydrogen-bond acceptors (Lipinski definition) is 27. The zero-order valence-electron chi connectivity index (χ0n) is 60.3. The molecule has 36 nitrogen and oxygen atoms in total. The summed E-state index contributed by atoms with van der Waals surface area (Å²) in [4.78, 5) is 92.4. The molecule has 1 atom stereocenters. The van der Waals surface area contributed by atoms with Gasteiger partial charge in [-0.25, -0.2) is 34.4 Å². The van der Waals surface area contributed by atoms with Crippen LogP contribution >= 0.6 is 0 Å². The minimum Gasteiger partial charge on any atom is -0.480 e. The van der Waals surface area contributed by atoms with Crippen LogP contribution < -0.4 is 32.1 Å². The van der Waals surface area contributed by atoms with Gasteiger partial charge in [-0.05, 0) is 85.1 Å². The van der Waals surface area contributed by atoms with E-state index in [0.717, 1.165) is 10.0 Å². The van der Waals surface area contributed by atoms with Gasteiger partial charge in [0.05, 0.1) is 234 Å². The zero-order valence-corrected chi connectivity index (χ0v) is 60.3. The van der Waals surface area contributed by atoms with Crippen LogP contribution in [0.25, 0.3) is 0 Å². The fraction of sp³-hybridized carbons (Fsp3) is 0.742. The fourth-order valence-corrected chi connectivity index (χ4v) is 8.03. The number of hydrogen-bond donors (Lipinski definition) is 9. The Morgan fingerprint density at radius 3 is 0.892 bits per heavy atom. The number of anilines is 2. The van der Waals surface area contributed by atoms with E-state index < -0.39 is 41.2 Å². The standard InChI is InChI=1S/C66H114N10O26/c1-65(2,3)75(63(83)84)73-56-12-10-53(51-70-56)60(79)68-17-21-89-25-29-93-33-37-97-41-45-101-49-47-99-43-39-95-35-31-91-27-23-87-19-14-58(77)67-16-8-7-9-55(62(81)82)72-59(78)15-20-88-24-28-92-32-36-96-40-44-100-48-50-102-46-42-98-38-34-94-30-26-90-22-18-69-61(80)54-11-13-57(71-52-54)74-76(64(85)86)66(4,5)6/h10-13,51-52,55H,7-9,14-50H2,1-6H3,(H,67,77)(H,68,79)(H,69,80)(H,70,73)(H,71,74)(H,72,78)(H,81,82)(H,83,84)(H,85,86)/t55-/m0/s1. The van der Waals surface area contributed by atoms with E-state index in [1.807, 2.05) is 0 Å². The van der Waals surface area contributed by atoms with Crippen molar-refractivity contribution in [1.29, 1.82) is 0 Å². The molecule has 36 heteroatoms. The summed E-state index contributed by atoms with van der Waals surface area (Å²) in [6.07, 6.45) is 1.78. The van der Waals surface area contributed by atoms with Crippen LogP contribution in [0.1, 0.15) is 94.4 Å². The van der Waals surface area contributed by atoms with E-state index in [9.17, 15) is 48.9 Å². The molecule has 0 saturated heterocycles. The molecule has 2 heterocycles. The van der Waals surface area contributed by atoms with Gasteiger partial charge in [-0.3, -0.25) is 30.0 Å². The molecule has 0 unspecified atom stereocenters. The van der Waals surface area contributed by atoms with Crippen molar-refractivity contribution in [2.45, 2.75) is 90.8 Å². The van der Waals surface area contributed by atoms with Gasteiger partial charge >= 0.3 is 18.2 Å². The summed E-state index contributed by atoms with van der Waals surface area (Å²) in [6.45, 7) is 22.9. The molecule has 0 radical (unpaired) electrons. The first-order valence-corrected chi connectivity index (χ1v) is 34.3. The number of carbonyl (C=O) groups is 7. The van der Waals surface area contributed by atoms with Crippen LogP contribution in [0.3, 0.4) is 0 Å². The van der Waals surface area contributed by atoms with Crippen LogP contribution in [0.4, 0.5) is 21.2 Å². The molecule has 0 saturated carbocycles. The van der Waals surface area contributed by atoms with Crippen molar-refractivity contribution >= 4 is 53.4 Å². The second-order valence-electron chi connectivity index (χ2n) is 23.8. The number of aliphatic carboxylic acids is 1. The smallest absolute Gasteiger partial charge is 0.426 e. The lowest BCUT2D eigenvalue weighted by molar-refractivity contribution is -0.142. The Labute approximate surface area is 597 Å². The van der Waals surface area contributed by atoms with E-state index >= 15 is 0 Å². The van der Waals surface area contributed by atoms with Crippen molar-refractivity contribution in [3.05, 3.63) is 47.8 Å². The van der Waals surface area contributed by atoms with Crippen molar-refractivity contribution in [2.75, 3.05) is 242 Å². The molecule has 6 amide bonds. The Bertz CT molecular complexity index is 2510. The summed E-state index contributed by atoms with van der Waals surface area (Å²) in [5.74, 6) is -1.86. The number of amides is 6. The number of carbonyl (C=O) groups excluding carboxylic acids is 4. The highest BCUT2D eigenvalue weighted by atomic mass is 16.6. The number of nitrogens with zero attached hydrogens (tertiary/aromatic N) is 4. The van der Waals surface area contributed by atoms with Gasteiger partial charge in [-0.15, -0.1) is 0 Å². The predicted molar refractivity (Wildman–Crippen MR) is 368 cm³/mol. The van der Waals surface area contributed by atoms with Crippen LogP contribution in [-0.2, 0) is 90.2 Å². The lowest BCUT2D eigenvalue weighted by Crippen LogP contribution is -2.48. The predicted octanol–water partition coefficient (Wildman–Crippen LogP) is 2.75. The molecule has 584 valence electrons. The van der Waals surface area contributed by atoms with Gasteiger partial charge in [0.1, 0.15) is 17.7 Å². The first-order valence-electron chi connectivity index (χ1n) is 34.3. The number of carboxylic acids is 1. The van der Waals surface area contributed by atoms with Crippen molar-refractivity contribution < 1.29 is 125 Å². The summed E-state index contributed by atoms with van der Waals surface area (Å²) in [7, 11) is 0. The van der Waals surface area contributed by atoms with E-state index in [2.05, 4.69) is 42.1 Å². The van der Waals surface area contributed by atoms with Gasteiger partial charge in [-0.1, -0.05) is 0 Å². The molecule has 0 aliphatic heterocycles. The highest BCUT2D eigenvalue weighted by Gasteiger charge is 2.28. The average molecular weight is 1460 g/mol. The molecule has 0 aliphatic rings. The molecule has 0 bridgehead atoms. The lowest BCUT2D eigenvalue weighted by atomic mass is 10.1. The van der Waals surface area contributed by atoms with Crippen LogP contribution in [0.2, 0.25) is 0 Å². The Balaban J connectivity index is 1.23. The first-order chi connectivity index (χ1) is 49.2. The third-order valence-electron chi connectivity index (χ3n) is 13.3. The van der Waals surface area contributed by atoms with Gasteiger partial charge in [-0.2, -0.15) is 0 Å². The number of hydrazine groups is 2. The highest BCUT2D eigenvalue weighted by Crippen LogP contribution is 2.17. The number of carboxylic acid groups (broad SMARTS) is 3.